The lowest BCUT2D eigenvalue weighted by atomic mass is 9.99. The third-order valence-electron chi connectivity index (χ3n) is 5.39. The molecule has 0 fully saturated rings. The van der Waals surface area contributed by atoms with E-state index in [0.717, 1.165) is 11.1 Å². The molecule has 1 amide bonds. The van der Waals surface area contributed by atoms with E-state index < -0.39 is 6.10 Å². The average Bonchev–Trinajstić information content (AvgIpc) is 3.26. The van der Waals surface area contributed by atoms with Gasteiger partial charge in [0.05, 0.1) is 11.8 Å². The maximum atomic E-state index is 12.9. The first-order chi connectivity index (χ1) is 16.7. The fourth-order valence-corrected chi connectivity index (χ4v) is 4.41. The van der Waals surface area contributed by atoms with Gasteiger partial charge in [0.2, 0.25) is 11.1 Å². The number of benzene rings is 3. The van der Waals surface area contributed by atoms with E-state index in [9.17, 15) is 4.79 Å². The van der Waals surface area contributed by atoms with Crippen molar-refractivity contribution < 1.29 is 14.3 Å². The lowest BCUT2D eigenvalue weighted by molar-refractivity contribution is -0.119. The second-order valence-electron chi connectivity index (χ2n) is 7.69. The molecule has 0 saturated carbocycles. The summed E-state index contributed by atoms with van der Waals surface area (Å²) in [5, 5.41) is 11.9. The molecule has 0 bridgehead atoms. The highest BCUT2D eigenvalue weighted by molar-refractivity contribution is 7.99. The number of carbonyl (C=O) groups is 1. The highest BCUT2D eigenvalue weighted by Crippen LogP contribution is 2.35. The number of para-hydroxylation sites is 2. The van der Waals surface area contributed by atoms with Crippen LogP contribution in [0.25, 0.3) is 0 Å². The second-order valence-corrected chi connectivity index (χ2v) is 8.63. The average molecular weight is 474 g/mol. The van der Waals surface area contributed by atoms with E-state index >= 15 is 0 Å². The number of carbonyl (C=O) groups excluding carboxylic acids is 1. The number of hydrogen-bond acceptors (Lipinski definition) is 7. The molecule has 0 spiro atoms. The van der Waals surface area contributed by atoms with Crippen molar-refractivity contribution in [3.8, 4) is 11.5 Å². The smallest absolute Gasteiger partial charge is 0.231 e. The Bertz CT molecular complexity index is 1230. The largest absolute Gasteiger partial charge is 0.485 e. The first-order valence-electron chi connectivity index (χ1n) is 10.8. The monoisotopic (exact) mass is 473 g/mol. The summed E-state index contributed by atoms with van der Waals surface area (Å²) in [4.78, 5) is 12.9. The number of nitrogens with zero attached hydrogens (tertiary/aromatic N) is 3. The lowest BCUT2D eigenvalue weighted by Crippen LogP contribution is -2.31. The minimum atomic E-state index is -0.490. The van der Waals surface area contributed by atoms with E-state index in [1.54, 1.807) is 0 Å². The standard InChI is InChI=1S/C25H23N5O3S/c26-30-24(21-15-32-19-13-7-8-14-20(19)33-21)28-29-25(30)34-16-22(31)27-23(17-9-3-1-4-10-17)18-11-5-2-6-12-18/h1-14,21,23H,15-16,26H2,(H,27,31). The number of amides is 1. The number of nitrogens with two attached hydrogens (primary N) is 1. The van der Waals surface area contributed by atoms with Crippen LogP contribution in [-0.4, -0.2) is 33.1 Å². The second kappa shape index (κ2) is 9.88. The Labute approximate surface area is 201 Å². The zero-order chi connectivity index (χ0) is 23.3. The molecule has 1 aliphatic heterocycles. The van der Waals surface area contributed by atoms with Gasteiger partial charge in [-0.15, -0.1) is 10.2 Å². The third kappa shape index (κ3) is 4.69. The van der Waals surface area contributed by atoms with Gasteiger partial charge in [-0.1, -0.05) is 84.6 Å². The van der Waals surface area contributed by atoms with E-state index in [1.165, 1.54) is 16.4 Å². The number of nitrogen functional groups attached to an aromatic ring is 1. The fourth-order valence-electron chi connectivity index (χ4n) is 3.74. The van der Waals surface area contributed by atoms with E-state index in [1.807, 2.05) is 84.9 Å². The number of ether oxygens (including phenoxy) is 2. The molecule has 34 heavy (non-hydrogen) atoms. The molecule has 3 N–H and O–H groups in total. The summed E-state index contributed by atoms with van der Waals surface area (Å²) < 4.78 is 13.1. The first kappa shape index (κ1) is 21.8. The van der Waals surface area contributed by atoms with Crippen LogP contribution in [0.3, 0.4) is 0 Å². The molecule has 3 aromatic carbocycles. The maximum absolute atomic E-state index is 12.9. The summed E-state index contributed by atoms with van der Waals surface area (Å²) in [6.07, 6.45) is -0.490. The first-order valence-corrected chi connectivity index (χ1v) is 11.8. The number of rotatable bonds is 7. The highest BCUT2D eigenvalue weighted by Gasteiger charge is 2.28. The SMILES string of the molecule is Nn1c(SCC(=O)NC(c2ccccc2)c2ccccc2)nnc1C1COc2ccccc2O1. The molecule has 5 rings (SSSR count). The number of nitrogens with one attached hydrogen (secondary N) is 1. The van der Waals surface area contributed by atoms with Crippen molar-refractivity contribution in [3.63, 3.8) is 0 Å². The molecule has 1 atom stereocenters. The predicted octanol–water partition coefficient (Wildman–Crippen LogP) is 3.50. The Kier molecular flexibility index (Phi) is 6.35. The molecule has 0 aliphatic carbocycles. The molecule has 0 saturated heterocycles. The van der Waals surface area contributed by atoms with Gasteiger partial charge in [-0.05, 0) is 23.3 Å². The number of aromatic nitrogens is 3. The van der Waals surface area contributed by atoms with Gasteiger partial charge in [0.25, 0.3) is 0 Å². The van der Waals surface area contributed by atoms with Gasteiger partial charge in [0, 0.05) is 0 Å². The molecule has 0 radical (unpaired) electrons. The number of fused-ring (bicyclic) bond motifs is 1. The summed E-state index contributed by atoms with van der Waals surface area (Å²) in [7, 11) is 0. The van der Waals surface area contributed by atoms with Gasteiger partial charge in [-0.25, -0.2) is 4.68 Å². The maximum Gasteiger partial charge on any atom is 0.231 e. The quantitative estimate of drug-likeness (QED) is 0.313. The number of thioether (sulfide) groups is 1. The van der Waals surface area contributed by atoms with E-state index in [4.69, 9.17) is 15.3 Å². The molecular weight excluding hydrogens is 450 g/mol. The highest BCUT2D eigenvalue weighted by atomic mass is 32.2. The topological polar surface area (TPSA) is 104 Å². The molecule has 172 valence electrons. The van der Waals surface area contributed by atoms with Gasteiger partial charge < -0.3 is 20.6 Å². The van der Waals surface area contributed by atoms with Crippen molar-refractivity contribution >= 4 is 17.7 Å². The van der Waals surface area contributed by atoms with Crippen molar-refractivity contribution in [1.29, 1.82) is 0 Å². The van der Waals surface area contributed by atoms with E-state index in [-0.39, 0.29) is 24.3 Å². The van der Waals surface area contributed by atoms with Crippen molar-refractivity contribution in [3.05, 3.63) is 102 Å². The summed E-state index contributed by atoms with van der Waals surface area (Å²) in [6, 6.07) is 26.9. The van der Waals surface area contributed by atoms with Crippen LogP contribution in [0.2, 0.25) is 0 Å². The zero-order valence-corrected chi connectivity index (χ0v) is 19.0. The van der Waals surface area contributed by atoms with Crippen molar-refractivity contribution in [2.75, 3.05) is 18.2 Å². The third-order valence-corrected chi connectivity index (χ3v) is 6.33. The van der Waals surface area contributed by atoms with Gasteiger partial charge >= 0.3 is 0 Å². The van der Waals surface area contributed by atoms with Crippen LogP contribution < -0.4 is 20.6 Å². The van der Waals surface area contributed by atoms with Gasteiger partial charge in [0.1, 0.15) is 6.61 Å². The van der Waals surface area contributed by atoms with Crippen molar-refractivity contribution in [2.45, 2.75) is 17.3 Å². The van der Waals surface area contributed by atoms with Gasteiger partial charge in [-0.3, -0.25) is 4.79 Å². The Morgan fingerprint density at radius 1 is 0.971 bits per heavy atom. The Balaban J connectivity index is 1.25. The van der Waals surface area contributed by atoms with Gasteiger partial charge in [0.15, 0.2) is 23.4 Å². The summed E-state index contributed by atoms with van der Waals surface area (Å²) in [5.41, 5.74) is 2.01. The van der Waals surface area contributed by atoms with E-state index in [0.29, 0.717) is 22.5 Å². The molecule has 1 aromatic heterocycles. The molecular formula is C25H23N5O3S. The predicted molar refractivity (Wildman–Crippen MR) is 129 cm³/mol. The summed E-state index contributed by atoms with van der Waals surface area (Å²) >= 11 is 1.21. The normalized spacial score (nSPS) is 14.7. The van der Waals surface area contributed by atoms with Crippen LogP contribution in [0.1, 0.15) is 29.1 Å². The fraction of sp³-hybridized carbons (Fsp3) is 0.160. The molecule has 1 unspecified atom stereocenters. The van der Waals surface area contributed by atoms with Crippen molar-refractivity contribution in [1.82, 2.24) is 20.2 Å². The lowest BCUT2D eigenvalue weighted by Gasteiger charge is -2.25. The molecule has 2 heterocycles. The molecule has 4 aromatic rings. The number of hydrogen-bond donors (Lipinski definition) is 2. The Morgan fingerprint density at radius 3 is 2.26 bits per heavy atom. The van der Waals surface area contributed by atoms with Crippen LogP contribution in [0.15, 0.2) is 90.1 Å². The van der Waals surface area contributed by atoms with Gasteiger partial charge in [-0.2, -0.15) is 0 Å². The van der Waals surface area contributed by atoms with Crippen LogP contribution in [-0.2, 0) is 4.79 Å². The minimum Gasteiger partial charge on any atom is -0.485 e. The summed E-state index contributed by atoms with van der Waals surface area (Å²) in [6.45, 7) is 0.271. The minimum absolute atomic E-state index is 0.135. The molecule has 9 heteroatoms. The van der Waals surface area contributed by atoms with Crippen LogP contribution >= 0.6 is 11.8 Å². The van der Waals surface area contributed by atoms with Crippen molar-refractivity contribution in [2.24, 2.45) is 0 Å². The Morgan fingerprint density at radius 2 is 1.59 bits per heavy atom. The van der Waals surface area contributed by atoms with Crippen LogP contribution in [0.5, 0.6) is 11.5 Å². The molecule has 8 nitrogen and oxygen atoms in total. The van der Waals surface area contributed by atoms with E-state index in [2.05, 4.69) is 15.5 Å². The summed E-state index contributed by atoms with van der Waals surface area (Å²) in [5.74, 6) is 7.96. The molecule has 1 aliphatic rings. The van der Waals surface area contributed by atoms with Crippen LogP contribution in [0.4, 0.5) is 0 Å². The van der Waals surface area contributed by atoms with Crippen LogP contribution in [0, 0.1) is 0 Å². The zero-order valence-electron chi connectivity index (χ0n) is 18.2. The Hall–Kier alpha value is -3.98.